The fraction of sp³-hybridized carbons (Fsp3) is 0.250. The van der Waals surface area contributed by atoms with Crippen LogP contribution in [-0.2, 0) is 9.63 Å². The van der Waals surface area contributed by atoms with E-state index in [1.807, 2.05) is 42.5 Å². The first-order chi connectivity index (χ1) is 15.1. The maximum atomic E-state index is 13.0. The number of hydrogen-bond acceptors (Lipinski definition) is 7. The highest BCUT2D eigenvalue weighted by Crippen LogP contribution is 2.30. The van der Waals surface area contributed by atoms with Crippen molar-refractivity contribution in [3.63, 3.8) is 0 Å². The molecule has 7 heteroatoms. The number of nitrogens with zero attached hydrogens (tertiary/aromatic N) is 1. The SMILES string of the molecule is O=CO/N=C(\CC1CCCC1)C(=O)c1cc2ccc(Sc3ccccc3)cc2oc1=O. The molecule has 0 spiro atoms. The van der Waals surface area contributed by atoms with Gasteiger partial charge >= 0.3 is 12.1 Å². The maximum absolute atomic E-state index is 13.0. The second kappa shape index (κ2) is 9.75. The molecule has 1 aliphatic carbocycles. The monoisotopic (exact) mass is 435 g/mol. The van der Waals surface area contributed by atoms with Crippen molar-refractivity contribution in [2.75, 3.05) is 0 Å². The van der Waals surface area contributed by atoms with Gasteiger partial charge in [0.25, 0.3) is 0 Å². The van der Waals surface area contributed by atoms with Crippen molar-refractivity contribution in [3.05, 3.63) is 70.6 Å². The van der Waals surface area contributed by atoms with E-state index in [4.69, 9.17) is 4.42 Å². The molecule has 0 N–H and O–H groups in total. The Bertz CT molecular complexity index is 1180. The van der Waals surface area contributed by atoms with E-state index in [0.29, 0.717) is 23.3 Å². The molecule has 4 rings (SSSR count). The number of rotatable bonds is 8. The van der Waals surface area contributed by atoms with Gasteiger partial charge in [-0.1, -0.05) is 66.9 Å². The van der Waals surface area contributed by atoms with Crippen LogP contribution in [0.4, 0.5) is 0 Å². The molecule has 1 aromatic heterocycles. The minimum absolute atomic E-state index is 0.0712. The summed E-state index contributed by atoms with van der Waals surface area (Å²) in [6.45, 7) is 0.163. The number of oxime groups is 1. The average molecular weight is 436 g/mol. The number of hydrogen-bond donors (Lipinski definition) is 0. The molecule has 2 aromatic carbocycles. The predicted molar refractivity (Wildman–Crippen MR) is 119 cm³/mol. The summed E-state index contributed by atoms with van der Waals surface area (Å²) in [5.41, 5.74) is -0.366. The molecule has 0 atom stereocenters. The van der Waals surface area contributed by atoms with Crippen molar-refractivity contribution in [1.29, 1.82) is 0 Å². The van der Waals surface area contributed by atoms with Crippen LogP contribution in [0.3, 0.4) is 0 Å². The first-order valence-corrected chi connectivity index (χ1v) is 11.0. The van der Waals surface area contributed by atoms with Gasteiger partial charge in [0.15, 0.2) is 0 Å². The molecule has 0 saturated heterocycles. The van der Waals surface area contributed by atoms with Gasteiger partial charge in [-0.15, -0.1) is 0 Å². The van der Waals surface area contributed by atoms with E-state index in [-0.39, 0.29) is 17.7 Å². The van der Waals surface area contributed by atoms with Gasteiger partial charge in [0.1, 0.15) is 16.9 Å². The van der Waals surface area contributed by atoms with Crippen LogP contribution in [0.15, 0.2) is 78.8 Å². The Kier molecular flexibility index (Phi) is 6.62. The molecule has 1 fully saturated rings. The number of fused-ring (bicyclic) bond motifs is 1. The number of Topliss-reactive ketones (excluding diaryl/α,β-unsaturated/α-hetero) is 1. The molecule has 0 bridgehead atoms. The van der Waals surface area contributed by atoms with Gasteiger partial charge in [-0.2, -0.15) is 0 Å². The first kappa shape index (κ1) is 21.1. The van der Waals surface area contributed by atoms with Crippen LogP contribution in [-0.4, -0.2) is 18.0 Å². The molecule has 158 valence electrons. The molecule has 0 radical (unpaired) electrons. The third-order valence-corrected chi connectivity index (χ3v) is 6.35. The van der Waals surface area contributed by atoms with E-state index in [1.54, 1.807) is 17.8 Å². The zero-order valence-electron chi connectivity index (χ0n) is 16.8. The molecule has 0 unspecified atom stereocenters. The Balaban J connectivity index is 1.62. The lowest BCUT2D eigenvalue weighted by molar-refractivity contribution is -0.128. The lowest BCUT2D eigenvalue weighted by Crippen LogP contribution is -2.24. The van der Waals surface area contributed by atoms with Crippen molar-refractivity contribution in [1.82, 2.24) is 0 Å². The van der Waals surface area contributed by atoms with Crippen LogP contribution in [0.1, 0.15) is 42.5 Å². The summed E-state index contributed by atoms with van der Waals surface area (Å²) in [5.74, 6) is -0.268. The van der Waals surface area contributed by atoms with Gasteiger partial charge in [-0.05, 0) is 42.7 Å². The average Bonchev–Trinajstić information content (AvgIpc) is 3.29. The van der Waals surface area contributed by atoms with Crippen molar-refractivity contribution >= 4 is 40.7 Å². The fourth-order valence-corrected chi connectivity index (χ4v) is 4.71. The van der Waals surface area contributed by atoms with Gasteiger partial charge in [-0.25, -0.2) is 4.79 Å². The molecule has 6 nitrogen and oxygen atoms in total. The maximum Gasteiger partial charge on any atom is 0.347 e. The van der Waals surface area contributed by atoms with Crippen molar-refractivity contribution in [3.8, 4) is 0 Å². The van der Waals surface area contributed by atoms with E-state index in [2.05, 4.69) is 9.99 Å². The van der Waals surface area contributed by atoms with Gasteiger partial charge < -0.3 is 9.25 Å². The largest absolute Gasteiger partial charge is 0.422 e. The third-order valence-electron chi connectivity index (χ3n) is 5.36. The van der Waals surface area contributed by atoms with Gasteiger partial charge in [0.05, 0.1) is 0 Å². The lowest BCUT2D eigenvalue weighted by atomic mass is 9.96. The van der Waals surface area contributed by atoms with E-state index in [1.165, 1.54) is 6.07 Å². The summed E-state index contributed by atoms with van der Waals surface area (Å²) in [6, 6.07) is 16.9. The summed E-state index contributed by atoms with van der Waals surface area (Å²) < 4.78 is 5.46. The number of carbonyl (C=O) groups excluding carboxylic acids is 2. The molecule has 1 saturated carbocycles. The number of ketones is 1. The Morgan fingerprint density at radius 2 is 1.87 bits per heavy atom. The summed E-state index contributed by atoms with van der Waals surface area (Å²) in [7, 11) is 0. The summed E-state index contributed by atoms with van der Waals surface area (Å²) in [5, 5.41) is 4.32. The summed E-state index contributed by atoms with van der Waals surface area (Å²) >= 11 is 1.55. The Labute approximate surface area is 183 Å². The molecule has 0 amide bonds. The minimum atomic E-state index is -0.732. The first-order valence-electron chi connectivity index (χ1n) is 10.2. The number of carbonyl (C=O) groups is 2. The zero-order valence-corrected chi connectivity index (χ0v) is 17.6. The Hall–Kier alpha value is -3.19. The highest BCUT2D eigenvalue weighted by molar-refractivity contribution is 7.99. The van der Waals surface area contributed by atoms with Crippen LogP contribution >= 0.6 is 11.8 Å². The van der Waals surface area contributed by atoms with Crippen molar-refractivity contribution < 1.29 is 18.8 Å². The molecule has 0 aliphatic heterocycles. The molecule has 3 aromatic rings. The predicted octanol–water partition coefficient (Wildman–Crippen LogP) is 5.24. The standard InChI is InChI=1S/C24H21NO5S/c26-15-29-25-21(12-16-6-4-5-7-16)23(27)20-13-17-10-11-19(14-22(17)30-24(20)28)31-18-8-2-1-3-9-18/h1-3,8-11,13-16H,4-7,12H2/b25-21+. The quantitative estimate of drug-likeness (QED) is 0.120. The summed E-state index contributed by atoms with van der Waals surface area (Å²) in [6.07, 6.45) is 4.55. The van der Waals surface area contributed by atoms with E-state index >= 15 is 0 Å². The smallest absolute Gasteiger partial charge is 0.347 e. The van der Waals surface area contributed by atoms with Crippen molar-refractivity contribution in [2.45, 2.75) is 41.9 Å². The summed E-state index contributed by atoms with van der Waals surface area (Å²) in [4.78, 5) is 42.7. The fourth-order valence-electron chi connectivity index (χ4n) is 3.84. The minimum Gasteiger partial charge on any atom is -0.422 e. The van der Waals surface area contributed by atoms with Gasteiger partial charge in [-0.3, -0.25) is 9.59 Å². The second-order valence-electron chi connectivity index (χ2n) is 7.49. The molecule has 31 heavy (non-hydrogen) atoms. The highest BCUT2D eigenvalue weighted by atomic mass is 32.2. The highest BCUT2D eigenvalue weighted by Gasteiger charge is 2.25. The zero-order chi connectivity index (χ0) is 21.6. The Morgan fingerprint density at radius 1 is 1.10 bits per heavy atom. The molecule has 1 heterocycles. The van der Waals surface area contributed by atoms with Crippen LogP contribution in [0, 0.1) is 5.92 Å². The lowest BCUT2D eigenvalue weighted by Gasteiger charge is -2.10. The second-order valence-corrected chi connectivity index (χ2v) is 8.63. The number of benzene rings is 2. The van der Waals surface area contributed by atoms with Gasteiger partial charge in [0, 0.05) is 15.2 Å². The van der Waals surface area contributed by atoms with Crippen LogP contribution in [0.25, 0.3) is 11.0 Å². The van der Waals surface area contributed by atoms with Gasteiger partial charge in [0.2, 0.25) is 5.78 Å². The molecule has 1 aliphatic rings. The van der Waals surface area contributed by atoms with Crippen LogP contribution < -0.4 is 5.63 Å². The molecular weight excluding hydrogens is 414 g/mol. The van der Waals surface area contributed by atoms with Crippen LogP contribution in [0.5, 0.6) is 0 Å². The topological polar surface area (TPSA) is 85.9 Å². The normalized spacial score (nSPS) is 14.6. The van der Waals surface area contributed by atoms with E-state index < -0.39 is 11.4 Å². The van der Waals surface area contributed by atoms with E-state index in [0.717, 1.165) is 35.5 Å². The van der Waals surface area contributed by atoms with Crippen molar-refractivity contribution in [2.24, 2.45) is 11.1 Å². The van der Waals surface area contributed by atoms with E-state index in [9.17, 15) is 14.4 Å². The Morgan fingerprint density at radius 3 is 2.61 bits per heavy atom. The molecular formula is C24H21NO5S. The third kappa shape index (κ3) is 5.11. The van der Waals surface area contributed by atoms with Crippen LogP contribution in [0.2, 0.25) is 0 Å².